The van der Waals surface area contributed by atoms with Crippen LogP contribution in [-0.4, -0.2) is 16.1 Å². The molecule has 0 aromatic carbocycles. The summed E-state index contributed by atoms with van der Waals surface area (Å²) in [5, 5.41) is 8.93. The summed E-state index contributed by atoms with van der Waals surface area (Å²) in [4.78, 5) is 14.6. The highest BCUT2D eigenvalue weighted by Gasteiger charge is 2.20. The first-order chi connectivity index (χ1) is 7.84. The van der Waals surface area contributed by atoms with Crippen LogP contribution in [0.4, 0.5) is 4.39 Å². The Bertz CT molecular complexity index is 428. The molecule has 17 heavy (non-hydrogen) atoms. The number of halogens is 1. The van der Waals surface area contributed by atoms with Crippen LogP contribution in [0.3, 0.4) is 0 Å². The van der Waals surface area contributed by atoms with Crippen molar-refractivity contribution in [2.75, 3.05) is 0 Å². The van der Waals surface area contributed by atoms with Crippen LogP contribution in [-0.2, 0) is 11.2 Å². The minimum Gasteiger partial charge on any atom is -0.481 e. The molecule has 1 N–H and O–H groups in total. The van der Waals surface area contributed by atoms with Crippen LogP contribution in [0.15, 0.2) is 6.20 Å². The molecule has 0 fully saturated rings. The van der Waals surface area contributed by atoms with Gasteiger partial charge in [-0.15, -0.1) is 0 Å². The van der Waals surface area contributed by atoms with E-state index in [4.69, 9.17) is 5.11 Å². The zero-order valence-corrected chi connectivity index (χ0v) is 10.6. The lowest BCUT2D eigenvalue weighted by Crippen LogP contribution is -2.12. The van der Waals surface area contributed by atoms with Gasteiger partial charge in [0.25, 0.3) is 0 Å². The van der Waals surface area contributed by atoms with Gasteiger partial charge in [0.05, 0.1) is 6.42 Å². The monoisotopic (exact) mass is 239 g/mol. The van der Waals surface area contributed by atoms with Gasteiger partial charge in [-0.3, -0.25) is 4.79 Å². The van der Waals surface area contributed by atoms with Gasteiger partial charge in [-0.25, -0.2) is 4.98 Å². The maximum Gasteiger partial charge on any atom is 0.307 e. The van der Waals surface area contributed by atoms with Crippen molar-refractivity contribution < 1.29 is 14.3 Å². The highest BCUT2D eigenvalue weighted by molar-refractivity contribution is 5.71. The Morgan fingerprint density at radius 3 is 2.35 bits per heavy atom. The average molecular weight is 239 g/mol. The second kappa shape index (κ2) is 5.25. The van der Waals surface area contributed by atoms with Crippen LogP contribution in [0.1, 0.15) is 56.2 Å². The SMILES string of the molecule is CC(C)c1cnc(F)c(C(C)C)c1CC(=O)O. The number of aromatic nitrogens is 1. The van der Waals surface area contributed by atoms with Gasteiger partial charge in [0.2, 0.25) is 5.95 Å². The number of hydrogen-bond donors (Lipinski definition) is 1. The van der Waals surface area contributed by atoms with E-state index in [1.54, 1.807) is 0 Å². The molecular weight excluding hydrogens is 221 g/mol. The van der Waals surface area contributed by atoms with Gasteiger partial charge in [0, 0.05) is 11.8 Å². The third kappa shape index (κ3) is 3.02. The van der Waals surface area contributed by atoms with Gasteiger partial charge >= 0.3 is 5.97 Å². The van der Waals surface area contributed by atoms with Gasteiger partial charge in [0.1, 0.15) is 0 Å². The Morgan fingerprint density at radius 2 is 1.94 bits per heavy atom. The molecule has 0 spiro atoms. The highest BCUT2D eigenvalue weighted by Crippen LogP contribution is 2.29. The van der Waals surface area contributed by atoms with Crippen molar-refractivity contribution in [1.82, 2.24) is 4.98 Å². The lowest BCUT2D eigenvalue weighted by Gasteiger charge is -2.18. The molecule has 4 heteroatoms. The Labute approximate surface area is 101 Å². The Balaban J connectivity index is 3.43. The van der Waals surface area contributed by atoms with Crippen LogP contribution in [0.2, 0.25) is 0 Å². The molecule has 1 heterocycles. The van der Waals surface area contributed by atoms with E-state index in [2.05, 4.69) is 4.98 Å². The summed E-state index contributed by atoms with van der Waals surface area (Å²) in [6.07, 6.45) is 1.30. The van der Waals surface area contributed by atoms with Gasteiger partial charge in [0.15, 0.2) is 0 Å². The molecule has 0 amide bonds. The molecule has 1 rings (SSSR count). The largest absolute Gasteiger partial charge is 0.481 e. The van der Waals surface area contributed by atoms with Crippen molar-refractivity contribution >= 4 is 5.97 Å². The summed E-state index contributed by atoms with van der Waals surface area (Å²) in [6.45, 7) is 7.58. The van der Waals surface area contributed by atoms with E-state index in [0.717, 1.165) is 5.56 Å². The third-order valence-electron chi connectivity index (χ3n) is 2.74. The second-order valence-electron chi connectivity index (χ2n) is 4.78. The normalized spacial score (nSPS) is 11.2. The molecular formula is C13H18FNO2. The molecule has 1 aromatic heterocycles. The van der Waals surface area contributed by atoms with Crippen LogP contribution in [0.25, 0.3) is 0 Å². The lowest BCUT2D eigenvalue weighted by molar-refractivity contribution is -0.136. The summed E-state index contributed by atoms with van der Waals surface area (Å²) in [5.41, 5.74) is 1.83. The van der Waals surface area contributed by atoms with Crippen molar-refractivity contribution in [2.24, 2.45) is 0 Å². The number of carboxylic acids is 1. The maximum absolute atomic E-state index is 13.7. The number of aliphatic carboxylic acids is 1. The van der Waals surface area contributed by atoms with E-state index in [1.807, 2.05) is 27.7 Å². The molecule has 1 aromatic rings. The molecule has 0 aliphatic rings. The van der Waals surface area contributed by atoms with Crippen molar-refractivity contribution in [2.45, 2.75) is 46.0 Å². The van der Waals surface area contributed by atoms with E-state index in [0.29, 0.717) is 11.1 Å². The fourth-order valence-corrected chi connectivity index (χ4v) is 1.99. The van der Waals surface area contributed by atoms with Gasteiger partial charge in [-0.2, -0.15) is 4.39 Å². The number of rotatable bonds is 4. The standard InChI is InChI=1S/C13H18FNO2/c1-7(2)10-6-15-13(14)12(8(3)4)9(10)5-11(16)17/h6-8H,5H2,1-4H3,(H,16,17). The number of nitrogens with zero attached hydrogens (tertiary/aromatic N) is 1. The van der Waals surface area contributed by atoms with Crippen molar-refractivity contribution in [3.63, 3.8) is 0 Å². The Hall–Kier alpha value is -1.45. The summed E-state index contributed by atoms with van der Waals surface area (Å²) in [5.74, 6) is -1.44. The fraction of sp³-hybridized carbons (Fsp3) is 0.538. The first kappa shape index (κ1) is 13.6. The van der Waals surface area contributed by atoms with Gasteiger partial charge in [-0.05, 0) is 23.0 Å². The van der Waals surface area contributed by atoms with Crippen molar-refractivity contribution in [1.29, 1.82) is 0 Å². The van der Waals surface area contributed by atoms with E-state index < -0.39 is 11.9 Å². The number of carbonyl (C=O) groups is 1. The number of carboxylic acid groups (broad SMARTS) is 1. The topological polar surface area (TPSA) is 50.2 Å². The zero-order chi connectivity index (χ0) is 13.2. The first-order valence-electron chi connectivity index (χ1n) is 5.73. The highest BCUT2D eigenvalue weighted by atomic mass is 19.1. The van der Waals surface area contributed by atoms with Crippen molar-refractivity contribution in [3.05, 3.63) is 28.8 Å². The Morgan fingerprint density at radius 1 is 1.35 bits per heavy atom. The van der Waals surface area contributed by atoms with Crippen LogP contribution in [0, 0.1) is 5.95 Å². The predicted octanol–water partition coefficient (Wildman–Crippen LogP) is 3.09. The average Bonchev–Trinajstić information content (AvgIpc) is 2.15. The maximum atomic E-state index is 13.7. The molecule has 0 atom stereocenters. The smallest absolute Gasteiger partial charge is 0.307 e. The zero-order valence-electron chi connectivity index (χ0n) is 10.6. The van der Waals surface area contributed by atoms with Crippen LogP contribution in [0.5, 0.6) is 0 Å². The summed E-state index contributed by atoms with van der Waals surface area (Å²) >= 11 is 0. The molecule has 3 nitrogen and oxygen atoms in total. The second-order valence-corrected chi connectivity index (χ2v) is 4.78. The van der Waals surface area contributed by atoms with E-state index in [9.17, 15) is 9.18 Å². The molecule has 0 aliphatic heterocycles. The summed E-state index contributed by atoms with van der Waals surface area (Å²) in [6, 6.07) is 0. The van der Waals surface area contributed by atoms with Gasteiger partial charge < -0.3 is 5.11 Å². The van der Waals surface area contributed by atoms with Gasteiger partial charge in [-0.1, -0.05) is 27.7 Å². The quantitative estimate of drug-likeness (QED) is 0.821. The molecule has 94 valence electrons. The molecule has 0 radical (unpaired) electrons. The molecule has 0 saturated carbocycles. The number of hydrogen-bond acceptors (Lipinski definition) is 2. The molecule has 0 aliphatic carbocycles. The lowest BCUT2D eigenvalue weighted by atomic mass is 9.89. The van der Waals surface area contributed by atoms with Crippen molar-refractivity contribution in [3.8, 4) is 0 Å². The first-order valence-corrected chi connectivity index (χ1v) is 5.73. The van der Waals surface area contributed by atoms with E-state index in [1.165, 1.54) is 6.20 Å². The minimum absolute atomic E-state index is 0.0736. The predicted molar refractivity (Wildman–Crippen MR) is 63.7 cm³/mol. The molecule has 0 bridgehead atoms. The number of pyridine rings is 1. The fourth-order valence-electron chi connectivity index (χ4n) is 1.99. The van der Waals surface area contributed by atoms with Crippen LogP contribution >= 0.6 is 0 Å². The van der Waals surface area contributed by atoms with E-state index in [-0.39, 0.29) is 18.3 Å². The Kier molecular flexibility index (Phi) is 4.21. The summed E-state index contributed by atoms with van der Waals surface area (Å²) < 4.78 is 13.7. The minimum atomic E-state index is -0.945. The third-order valence-corrected chi connectivity index (χ3v) is 2.74. The molecule has 0 unspecified atom stereocenters. The molecule has 0 saturated heterocycles. The summed E-state index contributed by atoms with van der Waals surface area (Å²) in [7, 11) is 0. The van der Waals surface area contributed by atoms with E-state index >= 15 is 0 Å². The van der Waals surface area contributed by atoms with Crippen LogP contribution < -0.4 is 0 Å².